The van der Waals surface area contributed by atoms with E-state index in [0.29, 0.717) is 18.1 Å². The lowest BCUT2D eigenvalue weighted by atomic mass is 10.2. The number of rotatable bonds is 7. The summed E-state index contributed by atoms with van der Waals surface area (Å²) < 4.78 is 0. The van der Waals surface area contributed by atoms with Gasteiger partial charge in [-0.05, 0) is 18.6 Å². The number of nitrogens with zero attached hydrogens (tertiary/aromatic N) is 3. The lowest BCUT2D eigenvalue weighted by Gasteiger charge is -2.08. The number of benzene rings is 1. The van der Waals surface area contributed by atoms with Crippen molar-refractivity contribution in [3.8, 4) is 0 Å². The number of carbonyl (C=O) groups is 1. The molecule has 0 atom stereocenters. The van der Waals surface area contributed by atoms with Crippen LogP contribution in [0, 0.1) is 0 Å². The zero-order valence-electron chi connectivity index (χ0n) is 14.2. The summed E-state index contributed by atoms with van der Waals surface area (Å²) in [6.45, 7) is 2.79. The number of carbonyl (C=O) groups excluding carboxylic acids is 1. The predicted molar refractivity (Wildman–Crippen MR) is 98.9 cm³/mol. The van der Waals surface area contributed by atoms with Crippen molar-refractivity contribution in [2.45, 2.75) is 26.2 Å². The number of amides is 1. The first-order valence-electron chi connectivity index (χ1n) is 8.49. The number of aromatic nitrogens is 3. The number of hydrogen-bond donors (Lipinski definition) is 2. The van der Waals surface area contributed by atoms with Crippen molar-refractivity contribution in [3.05, 3.63) is 54.6 Å². The minimum absolute atomic E-state index is 0.193. The van der Waals surface area contributed by atoms with Gasteiger partial charge in [-0.2, -0.15) is 0 Å². The van der Waals surface area contributed by atoms with Crippen molar-refractivity contribution in [2.75, 3.05) is 11.9 Å². The molecule has 2 N–H and O–H groups in total. The Morgan fingerprint density at radius 1 is 1.04 bits per heavy atom. The first kappa shape index (κ1) is 16.8. The molecule has 1 amide bonds. The molecule has 25 heavy (non-hydrogen) atoms. The molecule has 0 saturated heterocycles. The van der Waals surface area contributed by atoms with Crippen molar-refractivity contribution in [1.82, 2.24) is 20.3 Å². The van der Waals surface area contributed by atoms with E-state index in [1.807, 2.05) is 30.3 Å². The standard InChI is InChI=1S/C19H21N5O/c1-2-3-4-10-21-19(25)16-12-23-17(13-22-16)24-15-9-5-7-14-8-6-11-20-18(14)15/h5-9,11-13H,2-4,10H2,1H3,(H,21,25)(H,23,24). The van der Waals surface area contributed by atoms with Gasteiger partial charge in [0.2, 0.25) is 0 Å². The van der Waals surface area contributed by atoms with Crippen molar-refractivity contribution < 1.29 is 4.79 Å². The highest BCUT2D eigenvalue weighted by Gasteiger charge is 2.08. The molecule has 128 valence electrons. The highest BCUT2D eigenvalue weighted by atomic mass is 16.1. The van der Waals surface area contributed by atoms with Gasteiger partial charge in [0.25, 0.3) is 5.91 Å². The third-order valence-corrected chi connectivity index (χ3v) is 3.85. The summed E-state index contributed by atoms with van der Waals surface area (Å²) in [5.74, 6) is 0.377. The van der Waals surface area contributed by atoms with Gasteiger partial charge in [-0.1, -0.05) is 38.0 Å². The minimum atomic E-state index is -0.193. The van der Waals surface area contributed by atoms with Gasteiger partial charge in [-0.25, -0.2) is 9.97 Å². The van der Waals surface area contributed by atoms with Gasteiger partial charge in [-0.15, -0.1) is 0 Å². The van der Waals surface area contributed by atoms with Gasteiger partial charge in [0.05, 0.1) is 23.6 Å². The van der Waals surface area contributed by atoms with E-state index < -0.39 is 0 Å². The van der Waals surface area contributed by atoms with Gasteiger partial charge in [-0.3, -0.25) is 9.78 Å². The van der Waals surface area contributed by atoms with Crippen LogP contribution in [0.5, 0.6) is 0 Å². The number of anilines is 2. The molecule has 0 unspecified atom stereocenters. The molecule has 2 aromatic heterocycles. The maximum atomic E-state index is 12.0. The second-order valence-electron chi connectivity index (χ2n) is 5.76. The summed E-state index contributed by atoms with van der Waals surface area (Å²) in [5.41, 5.74) is 2.03. The fraction of sp³-hybridized carbons (Fsp3) is 0.263. The normalized spacial score (nSPS) is 10.6. The van der Waals surface area contributed by atoms with Crippen LogP contribution in [-0.4, -0.2) is 27.4 Å². The Morgan fingerprint density at radius 3 is 2.72 bits per heavy atom. The number of pyridine rings is 1. The van der Waals surface area contributed by atoms with E-state index in [9.17, 15) is 4.79 Å². The van der Waals surface area contributed by atoms with E-state index in [1.165, 1.54) is 6.20 Å². The van der Waals surface area contributed by atoms with Gasteiger partial charge in [0.15, 0.2) is 0 Å². The molecule has 2 heterocycles. The summed E-state index contributed by atoms with van der Waals surface area (Å²) >= 11 is 0. The molecule has 3 rings (SSSR count). The van der Waals surface area contributed by atoms with Crippen LogP contribution in [0.1, 0.15) is 36.7 Å². The third-order valence-electron chi connectivity index (χ3n) is 3.85. The molecule has 6 heteroatoms. The van der Waals surface area contributed by atoms with E-state index in [2.05, 4.69) is 32.5 Å². The summed E-state index contributed by atoms with van der Waals surface area (Å²) in [7, 11) is 0. The molecule has 3 aromatic rings. The van der Waals surface area contributed by atoms with Crippen LogP contribution in [0.3, 0.4) is 0 Å². The topological polar surface area (TPSA) is 79.8 Å². The maximum absolute atomic E-state index is 12.0. The number of unbranched alkanes of at least 4 members (excludes halogenated alkanes) is 2. The molecule has 6 nitrogen and oxygen atoms in total. The first-order valence-corrected chi connectivity index (χ1v) is 8.49. The molecule has 0 spiro atoms. The molecule has 0 bridgehead atoms. The Hall–Kier alpha value is -3.02. The summed E-state index contributed by atoms with van der Waals surface area (Å²) in [6.07, 6.45) is 8.00. The van der Waals surface area contributed by atoms with Crippen molar-refractivity contribution >= 4 is 28.3 Å². The van der Waals surface area contributed by atoms with E-state index >= 15 is 0 Å². The second-order valence-corrected chi connectivity index (χ2v) is 5.76. The average Bonchev–Trinajstić information content (AvgIpc) is 2.66. The van der Waals surface area contributed by atoms with E-state index in [1.54, 1.807) is 12.4 Å². The van der Waals surface area contributed by atoms with E-state index in [-0.39, 0.29) is 5.91 Å². The lowest BCUT2D eigenvalue weighted by Crippen LogP contribution is -2.25. The highest BCUT2D eigenvalue weighted by Crippen LogP contribution is 2.23. The Morgan fingerprint density at radius 2 is 1.92 bits per heavy atom. The highest BCUT2D eigenvalue weighted by molar-refractivity contribution is 5.93. The molecule has 0 radical (unpaired) electrons. The number of para-hydroxylation sites is 1. The largest absolute Gasteiger partial charge is 0.351 e. The Balaban J connectivity index is 1.67. The molecule has 0 aliphatic heterocycles. The average molecular weight is 335 g/mol. The Kier molecular flexibility index (Phi) is 5.51. The molecule has 1 aromatic carbocycles. The zero-order chi connectivity index (χ0) is 17.5. The van der Waals surface area contributed by atoms with Gasteiger partial charge in [0.1, 0.15) is 11.5 Å². The minimum Gasteiger partial charge on any atom is -0.351 e. The van der Waals surface area contributed by atoms with Crippen molar-refractivity contribution in [2.24, 2.45) is 0 Å². The van der Waals surface area contributed by atoms with Crippen LogP contribution in [0.15, 0.2) is 48.9 Å². The number of nitrogens with one attached hydrogen (secondary N) is 2. The van der Waals surface area contributed by atoms with E-state index in [0.717, 1.165) is 35.9 Å². The second kappa shape index (κ2) is 8.19. The fourth-order valence-electron chi connectivity index (χ4n) is 2.52. The van der Waals surface area contributed by atoms with Crippen LogP contribution in [-0.2, 0) is 0 Å². The van der Waals surface area contributed by atoms with Crippen molar-refractivity contribution in [1.29, 1.82) is 0 Å². The molecular formula is C19H21N5O. The quantitative estimate of drug-likeness (QED) is 0.644. The summed E-state index contributed by atoms with van der Waals surface area (Å²) in [5, 5.41) is 7.11. The number of hydrogen-bond acceptors (Lipinski definition) is 5. The van der Waals surface area contributed by atoms with Crippen LogP contribution in [0.4, 0.5) is 11.5 Å². The lowest BCUT2D eigenvalue weighted by molar-refractivity contribution is 0.0947. The Bertz CT molecular complexity index is 843. The third kappa shape index (κ3) is 4.29. The number of fused-ring (bicyclic) bond motifs is 1. The smallest absolute Gasteiger partial charge is 0.271 e. The summed E-state index contributed by atoms with van der Waals surface area (Å²) in [6, 6.07) is 9.80. The monoisotopic (exact) mass is 335 g/mol. The molecule has 0 aliphatic rings. The van der Waals surface area contributed by atoms with Crippen LogP contribution in [0.2, 0.25) is 0 Å². The zero-order valence-corrected chi connectivity index (χ0v) is 14.2. The maximum Gasteiger partial charge on any atom is 0.271 e. The fourth-order valence-corrected chi connectivity index (χ4v) is 2.52. The first-order chi connectivity index (χ1) is 12.3. The SMILES string of the molecule is CCCCCNC(=O)c1cnc(Nc2cccc3cccnc23)cn1. The molecule has 0 saturated carbocycles. The molecule has 0 fully saturated rings. The van der Waals surface area contributed by atoms with Crippen LogP contribution < -0.4 is 10.6 Å². The molecule has 0 aliphatic carbocycles. The predicted octanol–water partition coefficient (Wildman–Crippen LogP) is 3.69. The molecular weight excluding hydrogens is 314 g/mol. The van der Waals surface area contributed by atoms with Crippen LogP contribution in [0.25, 0.3) is 10.9 Å². The Labute approximate surface area is 146 Å². The summed E-state index contributed by atoms with van der Waals surface area (Å²) in [4.78, 5) is 24.9. The van der Waals surface area contributed by atoms with Gasteiger partial charge < -0.3 is 10.6 Å². The van der Waals surface area contributed by atoms with Gasteiger partial charge in [0, 0.05) is 18.1 Å². The van der Waals surface area contributed by atoms with Crippen LogP contribution >= 0.6 is 0 Å². The van der Waals surface area contributed by atoms with Gasteiger partial charge >= 0.3 is 0 Å². The van der Waals surface area contributed by atoms with Crippen molar-refractivity contribution in [3.63, 3.8) is 0 Å². The van der Waals surface area contributed by atoms with E-state index in [4.69, 9.17) is 0 Å².